The van der Waals surface area contributed by atoms with E-state index in [1.165, 1.54) is 31.6 Å². The van der Waals surface area contributed by atoms with Crippen molar-refractivity contribution >= 4 is 23.9 Å². The van der Waals surface area contributed by atoms with Gasteiger partial charge in [-0.15, -0.1) is 0 Å². The molecule has 2 heterocycles. The number of amides is 4. The van der Waals surface area contributed by atoms with Crippen LogP contribution in [0.25, 0.3) is 6.08 Å². The SMILES string of the molecule is COc1cc(/C=C2\C(=O)NC(=O)N(Cc3ccco3)C2=O)ccc1OCc1ccc(F)cc1. The van der Waals surface area contributed by atoms with Gasteiger partial charge >= 0.3 is 6.03 Å². The highest BCUT2D eigenvalue weighted by atomic mass is 19.1. The summed E-state index contributed by atoms with van der Waals surface area (Å²) >= 11 is 0. The summed E-state index contributed by atoms with van der Waals surface area (Å²) in [7, 11) is 1.46. The molecule has 0 spiro atoms. The Morgan fingerprint density at radius 1 is 1.06 bits per heavy atom. The first kappa shape index (κ1) is 21.8. The van der Waals surface area contributed by atoms with E-state index in [0.717, 1.165) is 10.5 Å². The molecule has 1 fully saturated rings. The molecule has 4 rings (SSSR count). The van der Waals surface area contributed by atoms with Crippen molar-refractivity contribution in [1.29, 1.82) is 0 Å². The predicted molar refractivity (Wildman–Crippen MR) is 114 cm³/mol. The number of urea groups is 1. The van der Waals surface area contributed by atoms with Crippen molar-refractivity contribution in [2.24, 2.45) is 0 Å². The number of carbonyl (C=O) groups is 3. The lowest BCUT2D eigenvalue weighted by Crippen LogP contribution is -2.53. The summed E-state index contributed by atoms with van der Waals surface area (Å²) in [5.41, 5.74) is 1.06. The van der Waals surface area contributed by atoms with Crippen LogP contribution in [0, 0.1) is 5.82 Å². The third kappa shape index (κ3) is 4.93. The van der Waals surface area contributed by atoms with Gasteiger partial charge in [0.15, 0.2) is 11.5 Å². The number of rotatable bonds is 7. The van der Waals surface area contributed by atoms with Crippen LogP contribution in [0.1, 0.15) is 16.9 Å². The number of nitrogens with zero attached hydrogens (tertiary/aromatic N) is 1. The molecule has 0 radical (unpaired) electrons. The van der Waals surface area contributed by atoms with Crippen LogP contribution in [-0.2, 0) is 22.7 Å². The van der Waals surface area contributed by atoms with Crippen molar-refractivity contribution < 1.29 is 32.7 Å². The Balaban J connectivity index is 1.54. The van der Waals surface area contributed by atoms with Gasteiger partial charge < -0.3 is 13.9 Å². The predicted octanol–water partition coefficient (Wildman–Crippen LogP) is 3.67. The van der Waals surface area contributed by atoms with E-state index in [1.54, 1.807) is 42.5 Å². The highest BCUT2D eigenvalue weighted by molar-refractivity contribution is 6.30. The molecule has 0 saturated carbocycles. The number of halogens is 1. The number of hydrogen-bond acceptors (Lipinski definition) is 6. The van der Waals surface area contributed by atoms with Gasteiger partial charge in [0.25, 0.3) is 11.8 Å². The monoisotopic (exact) mass is 450 g/mol. The summed E-state index contributed by atoms with van der Waals surface area (Å²) in [5, 5.41) is 2.16. The van der Waals surface area contributed by atoms with Gasteiger partial charge in [-0.1, -0.05) is 18.2 Å². The topological polar surface area (TPSA) is 98.1 Å². The quantitative estimate of drug-likeness (QED) is 0.436. The molecule has 168 valence electrons. The van der Waals surface area contributed by atoms with Crippen LogP contribution >= 0.6 is 0 Å². The van der Waals surface area contributed by atoms with Crippen LogP contribution < -0.4 is 14.8 Å². The number of imide groups is 2. The third-order valence-electron chi connectivity index (χ3n) is 4.89. The summed E-state index contributed by atoms with van der Waals surface area (Å²) in [6.45, 7) is 0.0869. The fraction of sp³-hybridized carbons (Fsp3) is 0.125. The van der Waals surface area contributed by atoms with E-state index in [1.807, 2.05) is 0 Å². The molecule has 0 aliphatic carbocycles. The van der Waals surface area contributed by atoms with Crippen molar-refractivity contribution in [2.45, 2.75) is 13.2 Å². The largest absolute Gasteiger partial charge is 0.493 e. The van der Waals surface area contributed by atoms with E-state index >= 15 is 0 Å². The molecule has 0 unspecified atom stereocenters. The maximum atomic E-state index is 13.1. The lowest BCUT2D eigenvalue weighted by molar-refractivity contribution is -0.130. The molecule has 3 aromatic rings. The van der Waals surface area contributed by atoms with E-state index in [0.29, 0.717) is 22.8 Å². The Hall–Kier alpha value is -4.40. The smallest absolute Gasteiger partial charge is 0.331 e. The summed E-state index contributed by atoms with van der Waals surface area (Å²) in [6, 6.07) is 13.2. The summed E-state index contributed by atoms with van der Waals surface area (Å²) < 4.78 is 29.4. The van der Waals surface area contributed by atoms with Crippen molar-refractivity contribution in [3.05, 3.63) is 89.1 Å². The summed E-state index contributed by atoms with van der Waals surface area (Å²) in [5.74, 6) is -0.667. The maximum absolute atomic E-state index is 13.1. The molecule has 1 aromatic heterocycles. The Kier molecular flexibility index (Phi) is 6.21. The normalized spacial score (nSPS) is 15.0. The van der Waals surface area contributed by atoms with Gasteiger partial charge in [-0.2, -0.15) is 0 Å². The lowest BCUT2D eigenvalue weighted by Gasteiger charge is -2.25. The van der Waals surface area contributed by atoms with Crippen molar-refractivity contribution in [1.82, 2.24) is 10.2 Å². The zero-order valence-electron chi connectivity index (χ0n) is 17.5. The zero-order valence-corrected chi connectivity index (χ0v) is 17.5. The summed E-state index contributed by atoms with van der Waals surface area (Å²) in [4.78, 5) is 38.2. The Morgan fingerprint density at radius 3 is 2.55 bits per heavy atom. The molecular formula is C24H19FN2O6. The fourth-order valence-electron chi connectivity index (χ4n) is 3.20. The van der Waals surface area contributed by atoms with Gasteiger partial charge in [0.1, 0.15) is 23.8 Å². The van der Waals surface area contributed by atoms with Crippen LogP contribution in [0.15, 0.2) is 70.9 Å². The molecule has 1 saturated heterocycles. The maximum Gasteiger partial charge on any atom is 0.331 e. The minimum absolute atomic E-state index is 0.109. The second kappa shape index (κ2) is 9.39. The molecule has 0 bridgehead atoms. The molecule has 9 heteroatoms. The van der Waals surface area contributed by atoms with E-state index in [-0.39, 0.29) is 24.5 Å². The Morgan fingerprint density at radius 2 is 1.85 bits per heavy atom. The molecular weight excluding hydrogens is 431 g/mol. The highest BCUT2D eigenvalue weighted by Gasteiger charge is 2.36. The molecule has 4 amide bonds. The first-order valence-electron chi connectivity index (χ1n) is 9.91. The first-order valence-corrected chi connectivity index (χ1v) is 9.91. The molecule has 1 N–H and O–H groups in total. The Labute approximate surface area is 188 Å². The first-order chi connectivity index (χ1) is 15.9. The zero-order chi connectivity index (χ0) is 23.4. The molecule has 0 atom stereocenters. The van der Waals surface area contributed by atoms with Gasteiger partial charge in [-0.05, 0) is 53.6 Å². The number of barbiturate groups is 1. The molecule has 33 heavy (non-hydrogen) atoms. The third-order valence-corrected chi connectivity index (χ3v) is 4.89. The number of methoxy groups -OCH3 is 1. The van der Waals surface area contributed by atoms with Gasteiger partial charge in [-0.25, -0.2) is 9.18 Å². The van der Waals surface area contributed by atoms with Gasteiger partial charge in [0.05, 0.1) is 19.9 Å². The minimum atomic E-state index is -0.819. The fourth-order valence-corrected chi connectivity index (χ4v) is 3.20. The lowest BCUT2D eigenvalue weighted by atomic mass is 10.1. The van der Waals surface area contributed by atoms with Crippen molar-refractivity contribution in [2.75, 3.05) is 7.11 Å². The number of hydrogen-bond donors (Lipinski definition) is 1. The van der Waals surface area contributed by atoms with E-state index in [9.17, 15) is 18.8 Å². The summed E-state index contributed by atoms with van der Waals surface area (Å²) in [6.07, 6.45) is 2.79. The van der Waals surface area contributed by atoms with E-state index in [4.69, 9.17) is 13.9 Å². The average Bonchev–Trinajstić information content (AvgIpc) is 3.33. The number of ether oxygens (including phenoxy) is 2. The number of furan rings is 1. The molecule has 8 nitrogen and oxygen atoms in total. The van der Waals surface area contributed by atoms with Crippen LogP contribution in [0.3, 0.4) is 0 Å². The van der Waals surface area contributed by atoms with E-state index in [2.05, 4.69) is 5.32 Å². The Bertz CT molecular complexity index is 1220. The van der Waals surface area contributed by atoms with Gasteiger partial charge in [-0.3, -0.25) is 19.8 Å². The molecule has 2 aromatic carbocycles. The second-order valence-corrected chi connectivity index (χ2v) is 7.11. The second-order valence-electron chi connectivity index (χ2n) is 7.11. The van der Waals surface area contributed by atoms with Crippen LogP contribution in [0.5, 0.6) is 11.5 Å². The van der Waals surface area contributed by atoms with Gasteiger partial charge in [0, 0.05) is 0 Å². The molecule has 1 aliphatic rings. The standard InChI is InChI=1S/C24H19FN2O6/c1-31-21-12-16(6-9-20(21)33-14-15-4-7-17(25)8-5-15)11-19-22(28)26-24(30)27(23(19)29)13-18-3-2-10-32-18/h2-12H,13-14H2,1H3,(H,26,28,30)/b19-11+. The van der Waals surface area contributed by atoms with Crippen LogP contribution in [0.4, 0.5) is 9.18 Å². The highest BCUT2D eigenvalue weighted by Crippen LogP contribution is 2.30. The van der Waals surface area contributed by atoms with Crippen LogP contribution in [0.2, 0.25) is 0 Å². The van der Waals surface area contributed by atoms with Crippen LogP contribution in [-0.4, -0.2) is 29.9 Å². The number of nitrogens with one attached hydrogen (secondary N) is 1. The van der Waals surface area contributed by atoms with E-state index < -0.39 is 17.8 Å². The number of carbonyl (C=O) groups excluding carboxylic acids is 3. The van der Waals surface area contributed by atoms with Crippen molar-refractivity contribution in [3.8, 4) is 11.5 Å². The molecule has 1 aliphatic heterocycles. The number of benzene rings is 2. The van der Waals surface area contributed by atoms with Gasteiger partial charge in [0.2, 0.25) is 0 Å². The average molecular weight is 450 g/mol. The van der Waals surface area contributed by atoms with Crippen molar-refractivity contribution in [3.63, 3.8) is 0 Å². The minimum Gasteiger partial charge on any atom is -0.493 e.